The Kier molecular flexibility index (Phi) is 12.8. The first-order valence-corrected chi connectivity index (χ1v) is 7.74. The number of hydrogen-bond acceptors (Lipinski definition) is 0. The minimum Gasteiger partial charge on any atom is -0.0656 e. The van der Waals surface area contributed by atoms with E-state index in [4.69, 9.17) is 0 Å². The minimum absolute atomic E-state index is 0.815. The fourth-order valence-electron chi connectivity index (χ4n) is 1.48. The van der Waals surface area contributed by atoms with E-state index in [1.165, 1.54) is 24.8 Å². The van der Waals surface area contributed by atoms with E-state index in [-0.39, 0.29) is 0 Å². The molecule has 0 spiro atoms. The number of benzene rings is 2. The molecule has 2 aromatic carbocycles. The van der Waals surface area contributed by atoms with Crippen LogP contribution in [0.2, 0.25) is 0 Å². The van der Waals surface area contributed by atoms with Crippen molar-refractivity contribution in [3.05, 3.63) is 72.3 Å². The summed E-state index contributed by atoms with van der Waals surface area (Å²) in [6, 6.07) is 22.7. The molecule has 0 saturated heterocycles. The van der Waals surface area contributed by atoms with Gasteiger partial charge < -0.3 is 0 Å². The van der Waals surface area contributed by atoms with Crippen LogP contribution in [0.3, 0.4) is 0 Å². The molecular formula is C20H30. The van der Waals surface area contributed by atoms with Gasteiger partial charge in [0, 0.05) is 0 Å². The zero-order chi connectivity index (χ0) is 15.1. The normalized spacial score (nSPS) is 9.05. The van der Waals surface area contributed by atoms with Crippen LogP contribution in [0.15, 0.2) is 66.7 Å². The van der Waals surface area contributed by atoms with Gasteiger partial charge in [-0.2, -0.15) is 0 Å². The maximum Gasteiger partial charge on any atom is -0.0276 e. The van der Waals surface area contributed by atoms with E-state index in [2.05, 4.69) is 58.0 Å². The van der Waals surface area contributed by atoms with Gasteiger partial charge in [0.05, 0.1) is 0 Å². The van der Waals surface area contributed by atoms with Gasteiger partial charge in [-0.05, 0) is 24.3 Å². The highest BCUT2D eigenvalue weighted by Crippen LogP contribution is 2.07. The highest BCUT2D eigenvalue weighted by Gasteiger charge is 1.94. The molecule has 0 fully saturated rings. The largest absolute Gasteiger partial charge is 0.0656 e. The van der Waals surface area contributed by atoms with Crippen LogP contribution < -0.4 is 0 Å². The molecule has 0 aliphatic heterocycles. The molecule has 0 nitrogen and oxygen atoms in total. The average Bonchev–Trinajstić information content (AvgIpc) is 2.49. The second-order valence-corrected chi connectivity index (χ2v) is 5.28. The zero-order valence-electron chi connectivity index (χ0n) is 13.5. The highest BCUT2D eigenvalue weighted by molar-refractivity contribution is 5.14. The van der Waals surface area contributed by atoms with E-state index in [9.17, 15) is 0 Å². The maximum absolute atomic E-state index is 2.27. The Labute approximate surface area is 125 Å². The molecule has 0 heterocycles. The first kappa shape index (κ1) is 18.4. The van der Waals surface area contributed by atoms with E-state index in [0.29, 0.717) is 0 Å². The summed E-state index contributed by atoms with van der Waals surface area (Å²) < 4.78 is 0. The molecule has 0 amide bonds. The van der Waals surface area contributed by atoms with Crippen molar-refractivity contribution in [3.63, 3.8) is 0 Å². The standard InChI is InChI=1S/C11H16.C6H6.C3H8/c1-10(2)8-9-11-6-4-3-5-7-11;1-2-4-6-5-3-1;1-3-2/h3-7,10H,8-9H2,1-2H3;1-6H;3H2,1-2H3. The van der Waals surface area contributed by atoms with Gasteiger partial charge >= 0.3 is 0 Å². The molecule has 0 aliphatic carbocycles. The molecule has 2 aromatic rings. The molecule has 110 valence electrons. The molecule has 0 unspecified atom stereocenters. The Morgan fingerprint density at radius 2 is 1.05 bits per heavy atom. The van der Waals surface area contributed by atoms with Crippen LogP contribution in [0.5, 0.6) is 0 Å². The Morgan fingerprint density at radius 3 is 1.40 bits per heavy atom. The van der Waals surface area contributed by atoms with E-state index in [1.807, 2.05) is 36.4 Å². The Bertz CT molecular complexity index is 349. The topological polar surface area (TPSA) is 0 Å². The first-order chi connectivity index (χ1) is 9.70. The molecular weight excluding hydrogens is 240 g/mol. The molecule has 20 heavy (non-hydrogen) atoms. The number of aryl methyl sites for hydroxylation is 1. The lowest BCUT2D eigenvalue weighted by atomic mass is 10.0. The third kappa shape index (κ3) is 12.9. The third-order valence-electron chi connectivity index (χ3n) is 2.52. The molecule has 0 aromatic heterocycles. The molecule has 0 saturated carbocycles. The van der Waals surface area contributed by atoms with Gasteiger partial charge in [0.2, 0.25) is 0 Å². The highest BCUT2D eigenvalue weighted by atomic mass is 14.0. The Hall–Kier alpha value is -1.56. The number of rotatable bonds is 3. The van der Waals surface area contributed by atoms with Crippen molar-refractivity contribution in [1.82, 2.24) is 0 Å². The fourth-order valence-corrected chi connectivity index (χ4v) is 1.48. The molecule has 0 aliphatic rings. The predicted molar refractivity (Wildman–Crippen MR) is 92.0 cm³/mol. The van der Waals surface area contributed by atoms with Gasteiger partial charge in [-0.3, -0.25) is 0 Å². The Morgan fingerprint density at radius 1 is 0.700 bits per heavy atom. The van der Waals surface area contributed by atoms with Crippen LogP contribution >= 0.6 is 0 Å². The lowest BCUT2D eigenvalue weighted by molar-refractivity contribution is 0.587. The van der Waals surface area contributed by atoms with Crippen molar-refractivity contribution in [1.29, 1.82) is 0 Å². The van der Waals surface area contributed by atoms with E-state index < -0.39 is 0 Å². The van der Waals surface area contributed by atoms with Crippen molar-refractivity contribution in [2.24, 2.45) is 5.92 Å². The number of hydrogen-bond donors (Lipinski definition) is 0. The van der Waals surface area contributed by atoms with Crippen molar-refractivity contribution in [3.8, 4) is 0 Å². The lowest BCUT2D eigenvalue weighted by Crippen LogP contribution is -1.91. The Balaban J connectivity index is 0.000000336. The maximum atomic E-state index is 2.27. The molecule has 0 heteroatoms. The van der Waals surface area contributed by atoms with Crippen LogP contribution in [0, 0.1) is 5.92 Å². The van der Waals surface area contributed by atoms with Crippen LogP contribution in [0.4, 0.5) is 0 Å². The smallest absolute Gasteiger partial charge is 0.0276 e. The van der Waals surface area contributed by atoms with Crippen LogP contribution in [-0.4, -0.2) is 0 Å². The van der Waals surface area contributed by atoms with Crippen molar-refractivity contribution >= 4 is 0 Å². The summed E-state index contributed by atoms with van der Waals surface area (Å²) in [5, 5.41) is 0. The van der Waals surface area contributed by atoms with E-state index in [0.717, 1.165) is 5.92 Å². The SMILES string of the molecule is CC(C)CCc1ccccc1.CCC.c1ccccc1. The second kappa shape index (κ2) is 13.9. The lowest BCUT2D eigenvalue weighted by Gasteiger charge is -2.03. The summed E-state index contributed by atoms with van der Waals surface area (Å²) in [6.45, 7) is 8.78. The monoisotopic (exact) mass is 270 g/mol. The zero-order valence-corrected chi connectivity index (χ0v) is 13.5. The van der Waals surface area contributed by atoms with E-state index >= 15 is 0 Å². The summed E-state index contributed by atoms with van der Waals surface area (Å²) in [4.78, 5) is 0. The van der Waals surface area contributed by atoms with Crippen molar-refractivity contribution < 1.29 is 0 Å². The quantitative estimate of drug-likeness (QED) is 0.607. The van der Waals surface area contributed by atoms with Gasteiger partial charge in [0.1, 0.15) is 0 Å². The molecule has 0 bridgehead atoms. The predicted octanol–water partition coefficient (Wildman–Crippen LogP) is 6.38. The van der Waals surface area contributed by atoms with Gasteiger partial charge in [-0.1, -0.05) is 101 Å². The van der Waals surface area contributed by atoms with Gasteiger partial charge in [-0.25, -0.2) is 0 Å². The summed E-state index contributed by atoms with van der Waals surface area (Å²) in [7, 11) is 0. The summed E-state index contributed by atoms with van der Waals surface area (Å²) >= 11 is 0. The second-order valence-electron chi connectivity index (χ2n) is 5.28. The van der Waals surface area contributed by atoms with Crippen LogP contribution in [-0.2, 0) is 6.42 Å². The van der Waals surface area contributed by atoms with Crippen molar-refractivity contribution in [2.45, 2.75) is 47.0 Å². The van der Waals surface area contributed by atoms with Crippen LogP contribution in [0.1, 0.15) is 46.1 Å². The molecule has 0 atom stereocenters. The average molecular weight is 270 g/mol. The van der Waals surface area contributed by atoms with E-state index in [1.54, 1.807) is 0 Å². The van der Waals surface area contributed by atoms with Gasteiger partial charge in [0.25, 0.3) is 0 Å². The minimum atomic E-state index is 0.815. The summed E-state index contributed by atoms with van der Waals surface area (Å²) in [5.41, 5.74) is 1.46. The molecule has 0 radical (unpaired) electrons. The summed E-state index contributed by atoms with van der Waals surface area (Å²) in [5.74, 6) is 0.815. The molecule has 2 rings (SSSR count). The van der Waals surface area contributed by atoms with Crippen molar-refractivity contribution in [2.75, 3.05) is 0 Å². The summed E-state index contributed by atoms with van der Waals surface area (Å²) in [6.07, 6.45) is 3.77. The van der Waals surface area contributed by atoms with Crippen LogP contribution in [0.25, 0.3) is 0 Å². The molecule has 0 N–H and O–H groups in total. The first-order valence-electron chi connectivity index (χ1n) is 7.74. The fraction of sp³-hybridized carbons (Fsp3) is 0.400. The third-order valence-corrected chi connectivity index (χ3v) is 2.52. The van der Waals surface area contributed by atoms with Gasteiger partial charge in [-0.15, -0.1) is 0 Å². The van der Waals surface area contributed by atoms with Gasteiger partial charge in [0.15, 0.2) is 0 Å².